The molecule has 0 bridgehead atoms. The number of fused-ring (bicyclic) bond motifs is 1. The molecule has 0 spiro atoms. The van der Waals surface area contributed by atoms with Gasteiger partial charge in [-0.3, -0.25) is 9.69 Å². The van der Waals surface area contributed by atoms with E-state index in [4.69, 9.17) is 14.8 Å². The predicted molar refractivity (Wildman–Crippen MR) is 168 cm³/mol. The third-order valence-corrected chi connectivity index (χ3v) is 10.2. The molecule has 232 valence electrons. The lowest BCUT2D eigenvalue weighted by molar-refractivity contribution is 0.0975. The maximum Gasteiger partial charge on any atom is 0.303 e. The molecule has 2 saturated carbocycles. The summed E-state index contributed by atoms with van der Waals surface area (Å²) in [5.41, 5.74) is 3.33. The highest BCUT2D eigenvalue weighted by Gasteiger charge is 2.32. The molecule has 3 fully saturated rings. The zero-order valence-corrected chi connectivity index (χ0v) is 26.4. The van der Waals surface area contributed by atoms with Crippen LogP contribution in [-0.4, -0.2) is 90.7 Å². The number of hydrogen-bond acceptors (Lipinski definition) is 8. The van der Waals surface area contributed by atoms with Crippen molar-refractivity contribution in [2.24, 2.45) is 0 Å². The Morgan fingerprint density at radius 1 is 0.977 bits per heavy atom. The minimum Gasteiger partial charge on any atom is -0.473 e. The highest BCUT2D eigenvalue weighted by atomic mass is 32.2. The van der Waals surface area contributed by atoms with Gasteiger partial charge in [-0.25, -0.2) is 14.4 Å². The molecule has 1 aromatic carbocycles. The van der Waals surface area contributed by atoms with E-state index in [2.05, 4.69) is 38.8 Å². The molecule has 0 atom stereocenters. The number of ether oxygens (including phenoxy) is 1. The fourth-order valence-corrected chi connectivity index (χ4v) is 6.75. The molecule has 11 nitrogen and oxygen atoms in total. The normalized spacial score (nSPS) is 19.0. The molecule has 1 saturated heterocycles. The van der Waals surface area contributed by atoms with Crippen molar-refractivity contribution in [3.63, 3.8) is 0 Å². The van der Waals surface area contributed by atoms with Crippen LogP contribution in [0.4, 0.5) is 5.69 Å². The zero-order valence-electron chi connectivity index (χ0n) is 25.6. The predicted octanol–water partition coefficient (Wildman–Crippen LogP) is 4.21. The Hall–Kier alpha value is -3.22. The number of rotatable bonds is 9. The Bertz CT molecular complexity index is 1570. The number of carbonyl (C=O) groups excluding carboxylic acids is 1. The Morgan fingerprint density at radius 3 is 2.26 bits per heavy atom. The summed E-state index contributed by atoms with van der Waals surface area (Å²) < 4.78 is 36.3. The lowest BCUT2D eigenvalue weighted by Gasteiger charge is -2.36. The average Bonchev–Trinajstić information content (AvgIpc) is 3.79. The molecule has 2 aliphatic carbocycles. The van der Waals surface area contributed by atoms with E-state index in [-0.39, 0.29) is 17.8 Å². The molecule has 0 radical (unpaired) electrons. The van der Waals surface area contributed by atoms with Crippen molar-refractivity contribution in [3.05, 3.63) is 36.0 Å². The summed E-state index contributed by atoms with van der Waals surface area (Å²) in [7, 11) is -1.26. The molecule has 12 heteroatoms. The van der Waals surface area contributed by atoms with Crippen LogP contribution in [0.25, 0.3) is 22.2 Å². The van der Waals surface area contributed by atoms with Gasteiger partial charge in [-0.1, -0.05) is 31.4 Å². The minimum atomic E-state index is -4.00. The van der Waals surface area contributed by atoms with E-state index >= 15 is 0 Å². The summed E-state index contributed by atoms with van der Waals surface area (Å²) in [6.07, 6.45) is 7.84. The molecule has 3 aliphatic rings. The summed E-state index contributed by atoms with van der Waals surface area (Å²) in [4.78, 5) is 23.1. The maximum atomic E-state index is 13.4. The molecule has 1 aliphatic heterocycles. The van der Waals surface area contributed by atoms with E-state index in [1.165, 1.54) is 33.4 Å². The number of hydrogen-bond donors (Lipinski definition) is 1. The van der Waals surface area contributed by atoms with Crippen molar-refractivity contribution in [1.29, 1.82) is 0 Å². The monoisotopic (exact) mass is 609 g/mol. The topological polar surface area (TPSA) is 113 Å². The number of aromatic nitrogens is 3. The van der Waals surface area contributed by atoms with E-state index in [1.807, 2.05) is 18.5 Å². The van der Waals surface area contributed by atoms with Crippen LogP contribution in [0.2, 0.25) is 0 Å². The first-order chi connectivity index (χ1) is 20.6. The molecule has 3 heterocycles. The molecule has 3 aromatic rings. The summed E-state index contributed by atoms with van der Waals surface area (Å²) in [6, 6.07) is 10.9. The Balaban J connectivity index is 1.42. The second-order valence-corrected chi connectivity index (χ2v) is 14.4. The van der Waals surface area contributed by atoms with Crippen molar-refractivity contribution in [2.75, 3.05) is 45.2 Å². The number of piperazine rings is 1. The van der Waals surface area contributed by atoms with Crippen LogP contribution < -0.4 is 14.4 Å². The fourth-order valence-electron chi connectivity index (χ4n) is 6.23. The smallest absolute Gasteiger partial charge is 0.303 e. The van der Waals surface area contributed by atoms with E-state index in [9.17, 15) is 13.2 Å². The fraction of sp³-hybridized carbons (Fsp3) is 0.581. The largest absolute Gasteiger partial charge is 0.473 e. The van der Waals surface area contributed by atoms with Crippen molar-refractivity contribution in [2.45, 2.75) is 77.0 Å². The van der Waals surface area contributed by atoms with Crippen LogP contribution in [0.1, 0.15) is 75.3 Å². The van der Waals surface area contributed by atoms with Gasteiger partial charge in [-0.15, -0.1) is 5.10 Å². The number of nitrogens with zero attached hydrogens (tertiary/aromatic N) is 6. The maximum absolute atomic E-state index is 13.4. The molecule has 2 aromatic heterocycles. The van der Waals surface area contributed by atoms with Crippen LogP contribution in [0, 0.1) is 0 Å². The van der Waals surface area contributed by atoms with E-state index in [1.54, 1.807) is 6.07 Å². The van der Waals surface area contributed by atoms with Crippen molar-refractivity contribution >= 4 is 32.8 Å². The number of carbonyl (C=O) groups is 1. The first-order valence-electron chi connectivity index (χ1n) is 15.5. The molecule has 1 N–H and O–H groups in total. The Labute approximate surface area is 254 Å². The first-order valence-corrected chi connectivity index (χ1v) is 17.0. The minimum absolute atomic E-state index is 0.0151. The molecule has 43 heavy (non-hydrogen) atoms. The molecule has 0 unspecified atom stereocenters. The lowest BCUT2D eigenvalue weighted by atomic mass is 9.95. The van der Waals surface area contributed by atoms with Crippen LogP contribution in [0.5, 0.6) is 5.88 Å². The van der Waals surface area contributed by atoms with E-state index in [0.717, 1.165) is 84.4 Å². The van der Waals surface area contributed by atoms with E-state index in [0.29, 0.717) is 11.5 Å². The van der Waals surface area contributed by atoms with Gasteiger partial charge in [0, 0.05) is 57.6 Å². The summed E-state index contributed by atoms with van der Waals surface area (Å²) in [6.45, 7) is 8.10. The number of pyridine rings is 1. The quantitative estimate of drug-likeness (QED) is 0.384. The van der Waals surface area contributed by atoms with Gasteiger partial charge >= 0.3 is 10.2 Å². The van der Waals surface area contributed by atoms with Gasteiger partial charge in [0.2, 0.25) is 5.88 Å². The SMILES string of the molecule is CC(C)Oc1nn(C2CCCCC2)c2nc(C(=O)NS(=O)(=O)N(C)C)cc(-c3ccc(N4CCN(C5CC5)CC4)cc3)c12. The van der Waals surface area contributed by atoms with E-state index < -0.39 is 16.1 Å². The van der Waals surface area contributed by atoms with Crippen LogP contribution in [-0.2, 0) is 10.2 Å². The molecular weight excluding hydrogens is 566 g/mol. The Kier molecular flexibility index (Phi) is 8.36. The lowest BCUT2D eigenvalue weighted by Crippen LogP contribution is -2.47. The molecule has 6 rings (SSSR count). The summed E-state index contributed by atoms with van der Waals surface area (Å²) in [5.74, 6) is -0.309. The average molecular weight is 610 g/mol. The van der Waals surface area contributed by atoms with Crippen LogP contribution >= 0.6 is 0 Å². The molecule has 1 amide bonds. The van der Waals surface area contributed by atoms with Crippen LogP contribution in [0.15, 0.2) is 30.3 Å². The summed E-state index contributed by atoms with van der Waals surface area (Å²) in [5, 5.41) is 5.65. The third kappa shape index (κ3) is 6.37. The highest BCUT2D eigenvalue weighted by Crippen LogP contribution is 2.40. The number of benzene rings is 1. The van der Waals surface area contributed by atoms with Gasteiger partial charge in [0.05, 0.1) is 17.5 Å². The van der Waals surface area contributed by atoms with Gasteiger partial charge in [-0.2, -0.15) is 12.7 Å². The van der Waals surface area contributed by atoms with Crippen molar-refractivity contribution < 1.29 is 17.9 Å². The van der Waals surface area contributed by atoms with Gasteiger partial charge in [0.15, 0.2) is 5.65 Å². The van der Waals surface area contributed by atoms with Gasteiger partial charge in [0.25, 0.3) is 5.91 Å². The van der Waals surface area contributed by atoms with Crippen molar-refractivity contribution in [1.82, 2.24) is 28.7 Å². The first kappa shape index (κ1) is 29.8. The number of amides is 1. The Morgan fingerprint density at radius 2 is 1.65 bits per heavy atom. The number of nitrogens with one attached hydrogen (secondary N) is 1. The second-order valence-electron chi connectivity index (χ2n) is 12.5. The van der Waals surface area contributed by atoms with Crippen molar-refractivity contribution in [3.8, 4) is 17.0 Å². The highest BCUT2D eigenvalue weighted by molar-refractivity contribution is 7.87. The second kappa shape index (κ2) is 12.0. The standard InChI is InChI=1S/C31H43N7O4S/c1-21(2)42-31-28-26(22-10-12-23(13-11-22)36-16-18-37(19-17-36)24-14-15-24)20-27(30(39)34-43(40,41)35(3)4)32-29(28)38(33-31)25-8-6-5-7-9-25/h10-13,20-21,24-25H,5-9,14-19H2,1-4H3,(H,34,39). The van der Waals surface area contributed by atoms with Gasteiger partial charge in [-0.05, 0) is 63.3 Å². The molecular formula is C31H43N7O4S. The van der Waals surface area contributed by atoms with Crippen LogP contribution in [0.3, 0.4) is 0 Å². The number of anilines is 1. The third-order valence-electron chi connectivity index (χ3n) is 8.75. The van der Waals surface area contributed by atoms with Gasteiger partial charge < -0.3 is 9.64 Å². The van der Waals surface area contributed by atoms with Gasteiger partial charge in [0.1, 0.15) is 5.69 Å². The zero-order chi connectivity index (χ0) is 30.3. The summed E-state index contributed by atoms with van der Waals surface area (Å²) >= 11 is 0.